The number of pyridine rings is 1. The summed E-state index contributed by atoms with van der Waals surface area (Å²) >= 11 is 0. The number of nitrogens with zero attached hydrogens (tertiary/aromatic N) is 2. The van der Waals surface area contributed by atoms with Crippen LogP contribution in [0.1, 0.15) is 117 Å². The molecule has 4 fully saturated rings. The van der Waals surface area contributed by atoms with Crippen molar-refractivity contribution in [3.8, 4) is 0 Å². The number of carbonyl (C=O) groups excluding carboxylic acids is 3. The molecule has 5 atom stereocenters. The maximum atomic E-state index is 11.5. The van der Waals surface area contributed by atoms with Gasteiger partial charge < -0.3 is 26.0 Å². The van der Waals surface area contributed by atoms with Gasteiger partial charge in [0.05, 0.1) is 24.4 Å². The number of hydrogen-bond donors (Lipinski definition) is 3. The highest BCUT2D eigenvalue weighted by molar-refractivity contribution is 5.94. The van der Waals surface area contributed by atoms with Crippen LogP contribution in [0.2, 0.25) is 0 Å². The normalized spacial score (nSPS) is 24.8. The molecule has 2 bridgehead atoms. The molecule has 3 saturated carbocycles. The summed E-state index contributed by atoms with van der Waals surface area (Å²) in [7, 11) is 1.88. The van der Waals surface area contributed by atoms with Gasteiger partial charge in [0, 0.05) is 38.0 Å². The third-order valence-corrected chi connectivity index (χ3v) is 9.82. The number of fused-ring (bicyclic) bond motifs is 2. The fourth-order valence-electron chi connectivity index (χ4n) is 6.64. The smallest absolute Gasteiger partial charge is 0.251 e. The molecule has 1 saturated heterocycles. The molecule has 5 rings (SSSR count). The Kier molecular flexibility index (Phi) is 20.6. The number of rotatable bonds is 9. The Morgan fingerprint density at radius 2 is 1.83 bits per heavy atom. The predicted octanol–water partition coefficient (Wildman–Crippen LogP) is 6.37. The van der Waals surface area contributed by atoms with E-state index in [9.17, 15) is 14.4 Å². The number of allylic oxidation sites excluding steroid dienone is 1. The van der Waals surface area contributed by atoms with Gasteiger partial charge in [-0.3, -0.25) is 19.4 Å². The zero-order valence-electron chi connectivity index (χ0n) is 30.9. The number of ether oxygens (including phenoxy) is 1. The van der Waals surface area contributed by atoms with Crippen molar-refractivity contribution in [2.24, 2.45) is 34.8 Å². The van der Waals surface area contributed by atoms with Gasteiger partial charge in [-0.15, -0.1) is 6.58 Å². The van der Waals surface area contributed by atoms with E-state index < -0.39 is 0 Å². The molecule has 46 heavy (non-hydrogen) atoms. The van der Waals surface area contributed by atoms with Crippen LogP contribution in [-0.4, -0.2) is 66.5 Å². The summed E-state index contributed by atoms with van der Waals surface area (Å²) in [5, 5.41) is 5.28. The molecule has 4 aliphatic rings. The summed E-state index contributed by atoms with van der Waals surface area (Å²) in [5.41, 5.74) is 6.97. The maximum Gasteiger partial charge on any atom is 0.251 e. The van der Waals surface area contributed by atoms with Gasteiger partial charge in [-0.05, 0) is 87.2 Å². The van der Waals surface area contributed by atoms with Crippen LogP contribution in [0.4, 0.5) is 0 Å². The second kappa shape index (κ2) is 21.9. The second-order valence-corrected chi connectivity index (χ2v) is 13.2. The summed E-state index contributed by atoms with van der Waals surface area (Å²) in [4.78, 5) is 38.9. The fourth-order valence-corrected chi connectivity index (χ4v) is 6.64. The number of aromatic nitrogens is 1. The monoisotopic (exact) mass is 646 g/mol. The van der Waals surface area contributed by atoms with Crippen molar-refractivity contribution in [3.05, 3.63) is 42.2 Å². The molecule has 9 heteroatoms. The Balaban J connectivity index is 0.000000622. The predicted molar refractivity (Wildman–Crippen MR) is 190 cm³/mol. The van der Waals surface area contributed by atoms with Crippen LogP contribution >= 0.6 is 0 Å². The molecule has 0 radical (unpaired) electrons. The van der Waals surface area contributed by atoms with Crippen LogP contribution in [-0.2, 0) is 20.9 Å². The molecule has 3 aliphatic carbocycles. The summed E-state index contributed by atoms with van der Waals surface area (Å²) in [6, 6.07) is 3.78. The highest BCUT2D eigenvalue weighted by Crippen LogP contribution is 2.65. The lowest BCUT2D eigenvalue weighted by Crippen LogP contribution is -2.64. The van der Waals surface area contributed by atoms with Crippen LogP contribution in [0.3, 0.4) is 0 Å². The van der Waals surface area contributed by atoms with Crippen molar-refractivity contribution < 1.29 is 19.1 Å². The van der Waals surface area contributed by atoms with Crippen LogP contribution in [0.5, 0.6) is 0 Å². The Bertz CT molecular complexity index is 1050. The third kappa shape index (κ3) is 12.4. The standard InChI is InChI=1S/C12H22O.C11H16N4O2.C8H15NO.C4H8.C2H6/c1-8-6-9-7-10(11(9,2)3)12(8,4)13-5;1-2-13-11(17)8-3-4-14-9(5-8)7-15-10(16)6-12;1-7(2)8-4-3-5-9(8)6-10;1-3-4-2;1-2/h8-10H,6-7H2,1-5H3;3-5H,2,6-7,12H2,1H3,(H,13,17)(H,15,16);6-8H,3-5H2,1-2H3;3H,1,4H2,2H3;1-2H3/t8?,9-,10?,12-;;;;/m1..../s1. The molecule has 0 aromatic carbocycles. The Morgan fingerprint density at radius 1 is 1.20 bits per heavy atom. The largest absolute Gasteiger partial charge is 0.378 e. The van der Waals surface area contributed by atoms with Gasteiger partial charge in [-0.2, -0.15) is 0 Å². The van der Waals surface area contributed by atoms with E-state index in [2.05, 4.69) is 70.7 Å². The van der Waals surface area contributed by atoms with Gasteiger partial charge in [0.2, 0.25) is 12.3 Å². The number of hydrogen-bond acceptors (Lipinski definition) is 6. The molecule has 2 heterocycles. The van der Waals surface area contributed by atoms with Gasteiger partial charge >= 0.3 is 0 Å². The van der Waals surface area contributed by atoms with E-state index in [-0.39, 0.29) is 30.5 Å². The summed E-state index contributed by atoms with van der Waals surface area (Å²) in [5.74, 6) is 2.67. The molecule has 1 aromatic rings. The number of nitrogens with one attached hydrogen (secondary N) is 2. The molecule has 3 unspecified atom stereocenters. The minimum Gasteiger partial charge on any atom is -0.378 e. The quantitative estimate of drug-likeness (QED) is 0.212. The van der Waals surface area contributed by atoms with Crippen molar-refractivity contribution in [1.82, 2.24) is 20.5 Å². The van der Waals surface area contributed by atoms with Gasteiger partial charge in [0.1, 0.15) is 0 Å². The summed E-state index contributed by atoms with van der Waals surface area (Å²) < 4.78 is 5.78. The number of amides is 3. The first-order chi connectivity index (χ1) is 21.8. The number of carbonyl (C=O) groups is 3. The first-order valence-electron chi connectivity index (χ1n) is 17.3. The SMILES string of the molecule is C=CCC.CC.CC(C)C1CCCN1C=O.CCNC(=O)c1ccnc(CNC(=O)CN)c1.CO[C@]1(C)C(C)C[C@@H]2CC1C2(C)C. The molecule has 9 nitrogen and oxygen atoms in total. The van der Waals surface area contributed by atoms with E-state index in [0.717, 1.165) is 37.1 Å². The number of methoxy groups -OCH3 is 1. The molecule has 264 valence electrons. The Labute approximate surface area is 280 Å². The van der Waals surface area contributed by atoms with Gasteiger partial charge in [0.25, 0.3) is 5.91 Å². The summed E-state index contributed by atoms with van der Waals surface area (Å²) in [6.07, 6.45) is 10.6. The van der Waals surface area contributed by atoms with Crippen LogP contribution < -0.4 is 16.4 Å². The lowest BCUT2D eigenvalue weighted by Gasteiger charge is -2.66. The number of nitrogens with two attached hydrogens (primary N) is 1. The summed E-state index contributed by atoms with van der Waals surface area (Å²) in [6.45, 7) is 27.0. The fraction of sp³-hybridized carbons (Fsp3) is 0.730. The lowest BCUT2D eigenvalue weighted by molar-refractivity contribution is -0.233. The average Bonchev–Trinajstić information content (AvgIpc) is 3.56. The highest BCUT2D eigenvalue weighted by Gasteiger charge is 2.62. The molecule has 3 amide bonds. The Morgan fingerprint density at radius 3 is 2.26 bits per heavy atom. The van der Waals surface area contributed by atoms with E-state index in [0.29, 0.717) is 35.2 Å². The van der Waals surface area contributed by atoms with Crippen molar-refractivity contribution >= 4 is 18.2 Å². The molecule has 0 spiro atoms. The van der Waals surface area contributed by atoms with E-state index in [4.69, 9.17) is 10.5 Å². The van der Waals surface area contributed by atoms with Crippen LogP contribution in [0.15, 0.2) is 31.0 Å². The van der Waals surface area contributed by atoms with Gasteiger partial charge in [-0.1, -0.05) is 61.5 Å². The van der Waals surface area contributed by atoms with Crippen molar-refractivity contribution in [1.29, 1.82) is 0 Å². The Hall–Kier alpha value is -2.78. The van der Waals surface area contributed by atoms with E-state index in [1.165, 1.54) is 31.9 Å². The van der Waals surface area contributed by atoms with Crippen molar-refractivity contribution in [2.45, 2.75) is 120 Å². The first kappa shape index (κ1) is 43.2. The van der Waals surface area contributed by atoms with E-state index in [1.54, 1.807) is 12.1 Å². The topological polar surface area (TPSA) is 127 Å². The maximum absolute atomic E-state index is 11.5. The second-order valence-electron chi connectivity index (χ2n) is 13.2. The van der Waals surface area contributed by atoms with Crippen LogP contribution in [0, 0.1) is 29.1 Å². The third-order valence-electron chi connectivity index (χ3n) is 9.82. The zero-order chi connectivity index (χ0) is 35.5. The minimum absolute atomic E-state index is 0.0595. The number of likely N-dealkylation sites (tertiary alicyclic amines) is 1. The van der Waals surface area contributed by atoms with Crippen LogP contribution in [0.25, 0.3) is 0 Å². The first-order valence-corrected chi connectivity index (χ1v) is 17.3. The lowest BCUT2D eigenvalue weighted by atomic mass is 9.42. The van der Waals surface area contributed by atoms with Crippen molar-refractivity contribution in [2.75, 3.05) is 26.7 Å². The van der Waals surface area contributed by atoms with Gasteiger partial charge in [-0.25, -0.2) is 0 Å². The molecule has 1 aromatic heterocycles. The molecule has 1 aliphatic heterocycles. The molecular formula is C37H67N5O4. The highest BCUT2D eigenvalue weighted by atomic mass is 16.5. The van der Waals surface area contributed by atoms with E-state index >= 15 is 0 Å². The van der Waals surface area contributed by atoms with Gasteiger partial charge in [0.15, 0.2) is 0 Å². The molecule has 4 N–H and O–H groups in total. The van der Waals surface area contributed by atoms with Crippen molar-refractivity contribution in [3.63, 3.8) is 0 Å². The minimum atomic E-state index is -0.254. The zero-order valence-corrected chi connectivity index (χ0v) is 30.9. The molecular weight excluding hydrogens is 578 g/mol. The van der Waals surface area contributed by atoms with E-state index in [1.807, 2.05) is 38.9 Å². The average molecular weight is 646 g/mol.